The smallest absolute Gasteiger partial charge is 0.270 e. The van der Waals surface area contributed by atoms with E-state index in [1.165, 1.54) is 43.4 Å². The van der Waals surface area contributed by atoms with Crippen molar-refractivity contribution in [2.24, 2.45) is 11.8 Å². The Balaban J connectivity index is 1.54. The monoisotopic (exact) mass is 441 g/mol. The van der Waals surface area contributed by atoms with E-state index in [0.29, 0.717) is 18.0 Å². The second kappa shape index (κ2) is 12.6. The highest BCUT2D eigenvalue weighted by Gasteiger charge is 2.27. The summed E-state index contributed by atoms with van der Waals surface area (Å²) in [6.45, 7) is 0. The number of aromatic nitrogens is 1. The van der Waals surface area contributed by atoms with Gasteiger partial charge in [0.05, 0.1) is 0 Å². The molecule has 1 aromatic rings. The molecule has 0 spiro atoms. The molecule has 3 rings (SSSR count). The summed E-state index contributed by atoms with van der Waals surface area (Å²) in [6.07, 6.45) is 16.4. The lowest BCUT2D eigenvalue weighted by Crippen LogP contribution is -2.45. The summed E-state index contributed by atoms with van der Waals surface area (Å²) in [7, 11) is 1.62. The zero-order valence-corrected chi connectivity index (χ0v) is 19.4. The van der Waals surface area contributed by atoms with Gasteiger partial charge >= 0.3 is 0 Å². The molecule has 0 bridgehead atoms. The molecule has 0 aromatic carbocycles. The molecule has 2 fully saturated rings. The Labute approximate surface area is 192 Å². The summed E-state index contributed by atoms with van der Waals surface area (Å²) in [5.41, 5.74) is 0.465. The van der Waals surface area contributed by atoms with Crippen molar-refractivity contribution in [1.29, 1.82) is 5.41 Å². The first-order valence-corrected chi connectivity index (χ1v) is 12.3. The van der Waals surface area contributed by atoms with E-state index in [0.717, 1.165) is 44.4 Å². The molecule has 2 aliphatic rings. The zero-order chi connectivity index (χ0) is 22.8. The SMILES string of the molecule is CN(C=O)C(=N)N[C@H](CCC1CCCCC1)C[C@H]1CCC[C@@H](NC(=O)c2ccccn2)C1. The fourth-order valence-electron chi connectivity index (χ4n) is 5.30. The van der Waals surface area contributed by atoms with E-state index in [9.17, 15) is 9.59 Å². The van der Waals surface area contributed by atoms with Crippen molar-refractivity contribution in [3.63, 3.8) is 0 Å². The van der Waals surface area contributed by atoms with Crippen LogP contribution in [0.25, 0.3) is 0 Å². The van der Waals surface area contributed by atoms with Crippen molar-refractivity contribution < 1.29 is 9.59 Å². The molecule has 3 N–H and O–H groups in total. The minimum atomic E-state index is -0.0994. The van der Waals surface area contributed by atoms with Crippen LogP contribution < -0.4 is 10.6 Å². The van der Waals surface area contributed by atoms with Gasteiger partial charge in [0.2, 0.25) is 6.41 Å². The minimum absolute atomic E-state index is 0.0994. The molecule has 2 amide bonds. The van der Waals surface area contributed by atoms with E-state index < -0.39 is 0 Å². The van der Waals surface area contributed by atoms with Crippen molar-refractivity contribution in [3.05, 3.63) is 30.1 Å². The fraction of sp³-hybridized carbons (Fsp3) is 0.680. The summed E-state index contributed by atoms with van der Waals surface area (Å²) < 4.78 is 0. The van der Waals surface area contributed by atoms with Crippen LogP contribution in [0.1, 0.15) is 87.5 Å². The Bertz CT molecular complexity index is 735. The number of pyridine rings is 1. The van der Waals surface area contributed by atoms with Crippen molar-refractivity contribution in [2.75, 3.05) is 7.05 Å². The number of nitrogens with one attached hydrogen (secondary N) is 3. The van der Waals surface area contributed by atoms with Crippen molar-refractivity contribution in [2.45, 2.75) is 89.1 Å². The maximum atomic E-state index is 12.5. The Morgan fingerprint density at radius 3 is 2.69 bits per heavy atom. The van der Waals surface area contributed by atoms with Gasteiger partial charge in [-0.25, -0.2) is 0 Å². The van der Waals surface area contributed by atoms with Crippen LogP contribution in [-0.2, 0) is 4.79 Å². The average molecular weight is 442 g/mol. The Morgan fingerprint density at radius 1 is 1.19 bits per heavy atom. The maximum Gasteiger partial charge on any atom is 0.270 e. The number of hydrogen-bond donors (Lipinski definition) is 3. The molecule has 7 nitrogen and oxygen atoms in total. The quantitative estimate of drug-likeness (QED) is 0.305. The molecule has 7 heteroatoms. The number of rotatable bonds is 9. The van der Waals surface area contributed by atoms with Gasteiger partial charge in [0.15, 0.2) is 5.96 Å². The number of hydrogen-bond acceptors (Lipinski definition) is 4. The first-order chi connectivity index (χ1) is 15.5. The molecule has 2 saturated carbocycles. The molecule has 32 heavy (non-hydrogen) atoms. The van der Waals surface area contributed by atoms with Crippen LogP contribution in [0.2, 0.25) is 0 Å². The van der Waals surface area contributed by atoms with E-state index in [1.54, 1.807) is 19.3 Å². The number of carbonyl (C=O) groups excluding carboxylic acids is 2. The maximum absolute atomic E-state index is 12.5. The molecule has 3 atom stereocenters. The highest BCUT2D eigenvalue weighted by Crippen LogP contribution is 2.31. The number of carbonyl (C=O) groups is 2. The molecule has 1 heterocycles. The summed E-state index contributed by atoms with van der Waals surface area (Å²) in [5, 5.41) is 14.7. The highest BCUT2D eigenvalue weighted by atomic mass is 16.2. The Hall–Kier alpha value is -2.44. The Kier molecular flexibility index (Phi) is 9.50. The van der Waals surface area contributed by atoms with Crippen molar-refractivity contribution >= 4 is 18.3 Å². The average Bonchev–Trinajstić information content (AvgIpc) is 2.83. The van der Waals surface area contributed by atoms with Crippen molar-refractivity contribution in [3.8, 4) is 0 Å². The van der Waals surface area contributed by atoms with Gasteiger partial charge in [-0.05, 0) is 56.1 Å². The predicted molar refractivity (Wildman–Crippen MR) is 126 cm³/mol. The van der Waals surface area contributed by atoms with Gasteiger partial charge < -0.3 is 10.6 Å². The third-order valence-electron chi connectivity index (χ3n) is 7.13. The first kappa shape index (κ1) is 24.2. The van der Waals surface area contributed by atoms with Crippen LogP contribution in [0.5, 0.6) is 0 Å². The van der Waals surface area contributed by atoms with Crippen LogP contribution in [0.4, 0.5) is 0 Å². The normalized spacial score (nSPS) is 22.5. The van der Waals surface area contributed by atoms with Gasteiger partial charge in [-0.1, -0.05) is 51.0 Å². The lowest BCUT2D eigenvalue weighted by molar-refractivity contribution is -0.114. The van der Waals surface area contributed by atoms with E-state index in [1.807, 2.05) is 12.1 Å². The van der Waals surface area contributed by atoms with Crippen LogP contribution in [0, 0.1) is 17.2 Å². The van der Waals surface area contributed by atoms with Gasteiger partial charge in [-0.2, -0.15) is 0 Å². The van der Waals surface area contributed by atoms with Gasteiger partial charge in [-0.3, -0.25) is 24.9 Å². The molecule has 176 valence electrons. The topological polar surface area (TPSA) is 98.2 Å². The van der Waals surface area contributed by atoms with E-state index in [4.69, 9.17) is 5.41 Å². The van der Waals surface area contributed by atoms with Gasteiger partial charge in [0.25, 0.3) is 5.91 Å². The second-order valence-electron chi connectivity index (χ2n) is 9.64. The highest BCUT2D eigenvalue weighted by molar-refractivity contribution is 5.92. The van der Waals surface area contributed by atoms with E-state index >= 15 is 0 Å². The largest absolute Gasteiger partial charge is 0.353 e. The summed E-state index contributed by atoms with van der Waals surface area (Å²) in [4.78, 5) is 29.1. The van der Waals surface area contributed by atoms with E-state index in [-0.39, 0.29) is 24.0 Å². The molecule has 2 aliphatic carbocycles. The van der Waals surface area contributed by atoms with Crippen LogP contribution in [0.15, 0.2) is 24.4 Å². The fourth-order valence-corrected chi connectivity index (χ4v) is 5.30. The summed E-state index contributed by atoms with van der Waals surface area (Å²) >= 11 is 0. The summed E-state index contributed by atoms with van der Waals surface area (Å²) in [5.74, 6) is 1.36. The minimum Gasteiger partial charge on any atom is -0.353 e. The summed E-state index contributed by atoms with van der Waals surface area (Å²) in [6, 6.07) is 5.74. The third-order valence-corrected chi connectivity index (χ3v) is 7.13. The van der Waals surface area contributed by atoms with Gasteiger partial charge in [0, 0.05) is 25.3 Å². The van der Waals surface area contributed by atoms with Crippen LogP contribution in [0.3, 0.4) is 0 Å². The van der Waals surface area contributed by atoms with Crippen LogP contribution in [-0.4, -0.2) is 47.3 Å². The molecule has 0 radical (unpaired) electrons. The van der Waals surface area contributed by atoms with Crippen molar-refractivity contribution in [1.82, 2.24) is 20.5 Å². The number of guanidine groups is 1. The molecule has 0 aliphatic heterocycles. The van der Waals surface area contributed by atoms with Gasteiger partial charge in [-0.15, -0.1) is 0 Å². The second-order valence-corrected chi connectivity index (χ2v) is 9.64. The first-order valence-electron chi connectivity index (χ1n) is 12.3. The molecule has 1 aromatic heterocycles. The molecular weight excluding hydrogens is 402 g/mol. The zero-order valence-electron chi connectivity index (χ0n) is 19.4. The Morgan fingerprint density at radius 2 is 1.97 bits per heavy atom. The standard InChI is InChI=1S/C25H39N5O2/c1-30(18-31)25(26)29-22(14-13-19-8-3-2-4-9-19)17-20-10-7-11-21(16-20)28-24(32)23-12-5-6-15-27-23/h5-6,12,15,18-22H,2-4,7-11,13-14,16-17H2,1H3,(H2,26,29)(H,28,32)/t20-,21+,22+/m0/s1. The lowest BCUT2D eigenvalue weighted by atomic mass is 9.79. The number of nitrogens with zero attached hydrogens (tertiary/aromatic N) is 2. The van der Waals surface area contributed by atoms with Gasteiger partial charge in [0.1, 0.15) is 5.69 Å². The third kappa shape index (κ3) is 7.61. The molecule has 0 saturated heterocycles. The number of amides is 2. The molecular formula is C25H39N5O2. The van der Waals surface area contributed by atoms with E-state index in [2.05, 4.69) is 15.6 Å². The predicted octanol–water partition coefficient (Wildman–Crippen LogP) is 4.10. The molecule has 0 unspecified atom stereocenters. The lowest BCUT2D eigenvalue weighted by Gasteiger charge is -2.33. The van der Waals surface area contributed by atoms with Crippen LogP contribution >= 0.6 is 0 Å².